The maximum absolute atomic E-state index is 13.3. The van der Waals surface area contributed by atoms with Gasteiger partial charge in [0.15, 0.2) is 0 Å². The first-order valence-electron chi connectivity index (χ1n) is 11.9. The standard InChI is InChI=1S/C24H30F3N5O3S/c1-16-14-20(31-22(29-16)35-13-8-24(25,26)27)30-21(34)18-3-2-17(36-28-9-12-33)15-19(18)32-10-6-23(4-5-23)7-11-32/h2-3,14-15,28,33H,4-13H2,1H3,(H,29,30,31,34). The van der Waals surface area contributed by atoms with E-state index in [1.807, 2.05) is 12.1 Å². The molecule has 1 aromatic carbocycles. The lowest BCUT2D eigenvalue weighted by Gasteiger charge is -2.35. The number of carbonyl (C=O) groups excluding carboxylic acids is 1. The molecule has 3 N–H and O–H groups in total. The number of rotatable bonds is 10. The van der Waals surface area contributed by atoms with Crippen LogP contribution in [0.1, 0.15) is 48.2 Å². The molecular formula is C24H30F3N5O3S. The predicted molar refractivity (Wildman–Crippen MR) is 131 cm³/mol. The largest absolute Gasteiger partial charge is 0.463 e. The van der Waals surface area contributed by atoms with E-state index in [1.54, 1.807) is 13.0 Å². The van der Waals surface area contributed by atoms with Crippen molar-refractivity contribution in [2.45, 2.75) is 50.1 Å². The molecule has 36 heavy (non-hydrogen) atoms. The lowest BCUT2D eigenvalue weighted by Crippen LogP contribution is -2.35. The molecule has 2 aromatic rings. The number of halogens is 3. The number of hydrogen-bond donors (Lipinski definition) is 3. The molecule has 1 saturated carbocycles. The summed E-state index contributed by atoms with van der Waals surface area (Å²) in [6, 6.07) is 6.86. The van der Waals surface area contributed by atoms with E-state index >= 15 is 0 Å². The van der Waals surface area contributed by atoms with Crippen LogP contribution in [-0.4, -0.2) is 60.0 Å². The van der Waals surface area contributed by atoms with Crippen LogP contribution >= 0.6 is 11.9 Å². The highest BCUT2D eigenvalue weighted by Crippen LogP contribution is 2.54. The van der Waals surface area contributed by atoms with Crippen molar-refractivity contribution in [3.8, 4) is 6.01 Å². The number of aliphatic hydroxyl groups excluding tert-OH is 1. The number of aliphatic hydroxyl groups is 1. The van der Waals surface area contributed by atoms with E-state index in [9.17, 15) is 18.0 Å². The first-order valence-corrected chi connectivity index (χ1v) is 12.7. The molecule has 1 saturated heterocycles. The molecule has 2 heterocycles. The Kier molecular flexibility index (Phi) is 8.26. The van der Waals surface area contributed by atoms with Crippen LogP contribution in [0.25, 0.3) is 0 Å². The van der Waals surface area contributed by atoms with Crippen LogP contribution < -0.4 is 19.7 Å². The van der Waals surface area contributed by atoms with E-state index in [0.29, 0.717) is 23.2 Å². The van der Waals surface area contributed by atoms with Crippen LogP contribution in [0.4, 0.5) is 24.7 Å². The van der Waals surface area contributed by atoms with E-state index in [0.717, 1.165) is 36.5 Å². The number of benzene rings is 1. The number of aromatic nitrogens is 2. The second-order valence-corrected chi connectivity index (χ2v) is 10.2. The maximum atomic E-state index is 13.3. The number of piperidine rings is 1. The Hall–Kier alpha value is -2.57. The Morgan fingerprint density at radius 2 is 1.94 bits per heavy atom. The van der Waals surface area contributed by atoms with E-state index in [1.165, 1.54) is 30.9 Å². The Labute approximate surface area is 212 Å². The van der Waals surface area contributed by atoms with Gasteiger partial charge in [0, 0.05) is 36.3 Å². The number of anilines is 2. The highest BCUT2D eigenvalue weighted by Gasteiger charge is 2.44. The fourth-order valence-electron chi connectivity index (χ4n) is 4.22. The van der Waals surface area contributed by atoms with Crippen LogP contribution in [-0.2, 0) is 0 Å². The normalized spacial score (nSPS) is 16.8. The first-order chi connectivity index (χ1) is 17.2. The van der Waals surface area contributed by atoms with Crippen LogP contribution in [0.15, 0.2) is 29.2 Å². The predicted octanol–water partition coefficient (Wildman–Crippen LogP) is 4.34. The minimum absolute atomic E-state index is 0.0226. The molecule has 1 spiro atoms. The van der Waals surface area contributed by atoms with Gasteiger partial charge in [-0.15, -0.1) is 0 Å². The summed E-state index contributed by atoms with van der Waals surface area (Å²) in [5, 5.41) is 11.8. The molecule has 0 atom stereocenters. The molecule has 0 radical (unpaired) electrons. The average molecular weight is 526 g/mol. The highest BCUT2D eigenvalue weighted by atomic mass is 32.2. The first kappa shape index (κ1) is 26.5. The summed E-state index contributed by atoms with van der Waals surface area (Å²) < 4.78 is 45.4. The Bertz CT molecular complexity index is 1070. The van der Waals surface area contributed by atoms with E-state index in [-0.39, 0.29) is 24.3 Å². The molecule has 2 aliphatic rings. The summed E-state index contributed by atoms with van der Waals surface area (Å²) in [5.74, 6) is -0.227. The molecular weight excluding hydrogens is 495 g/mol. The molecule has 0 bridgehead atoms. The van der Waals surface area contributed by atoms with Crippen molar-refractivity contribution in [1.29, 1.82) is 0 Å². The Balaban J connectivity index is 1.50. The van der Waals surface area contributed by atoms with Crippen molar-refractivity contribution < 1.29 is 27.8 Å². The van der Waals surface area contributed by atoms with Gasteiger partial charge in [-0.2, -0.15) is 18.2 Å². The summed E-state index contributed by atoms with van der Waals surface area (Å²) in [4.78, 5) is 24.5. The lowest BCUT2D eigenvalue weighted by molar-refractivity contribution is -0.139. The summed E-state index contributed by atoms with van der Waals surface area (Å²) in [5.41, 5.74) is 2.22. The Morgan fingerprint density at radius 3 is 2.61 bits per heavy atom. The summed E-state index contributed by atoms with van der Waals surface area (Å²) in [6.45, 7) is 3.23. The Morgan fingerprint density at radius 1 is 1.19 bits per heavy atom. The quantitative estimate of drug-likeness (QED) is 0.311. The average Bonchev–Trinajstić information content (AvgIpc) is 3.57. The SMILES string of the molecule is Cc1cc(NC(=O)c2ccc(SNCCO)cc2N2CCC3(CC2)CC3)nc(OCCC(F)(F)F)n1. The third-order valence-electron chi connectivity index (χ3n) is 6.43. The van der Waals surface area contributed by atoms with Gasteiger partial charge in [0.2, 0.25) is 0 Å². The zero-order valence-electron chi connectivity index (χ0n) is 20.0. The number of alkyl halides is 3. The zero-order chi connectivity index (χ0) is 25.8. The number of aryl methyl sites for hydroxylation is 1. The van der Waals surface area contributed by atoms with Gasteiger partial charge in [-0.25, -0.2) is 4.98 Å². The second kappa shape index (κ2) is 11.2. The van der Waals surface area contributed by atoms with Crippen LogP contribution in [0, 0.1) is 12.3 Å². The molecule has 196 valence electrons. The topological polar surface area (TPSA) is 99.6 Å². The van der Waals surface area contributed by atoms with Gasteiger partial charge in [0.05, 0.1) is 24.3 Å². The molecule has 1 aromatic heterocycles. The van der Waals surface area contributed by atoms with Crippen molar-refractivity contribution in [2.24, 2.45) is 5.41 Å². The third-order valence-corrected chi connectivity index (χ3v) is 7.27. The molecule has 8 nitrogen and oxygen atoms in total. The van der Waals surface area contributed by atoms with Gasteiger partial charge < -0.3 is 20.1 Å². The zero-order valence-corrected chi connectivity index (χ0v) is 20.8. The molecule has 2 fully saturated rings. The lowest BCUT2D eigenvalue weighted by atomic mass is 9.93. The molecule has 1 amide bonds. The van der Waals surface area contributed by atoms with Gasteiger partial charge in [0.25, 0.3) is 5.91 Å². The number of nitrogens with zero attached hydrogens (tertiary/aromatic N) is 3. The number of nitrogens with one attached hydrogen (secondary N) is 2. The fraction of sp³-hybridized carbons (Fsp3) is 0.542. The van der Waals surface area contributed by atoms with Gasteiger partial charge in [-0.1, -0.05) is 0 Å². The van der Waals surface area contributed by atoms with Gasteiger partial charge >= 0.3 is 12.2 Å². The minimum atomic E-state index is -4.34. The van der Waals surface area contributed by atoms with Crippen LogP contribution in [0.3, 0.4) is 0 Å². The van der Waals surface area contributed by atoms with E-state index in [2.05, 4.69) is 24.9 Å². The number of carbonyl (C=O) groups is 1. The fourth-order valence-corrected chi connectivity index (χ4v) is 4.89. The monoisotopic (exact) mass is 525 g/mol. The van der Waals surface area contributed by atoms with Crippen molar-refractivity contribution in [3.63, 3.8) is 0 Å². The summed E-state index contributed by atoms with van der Waals surface area (Å²) in [7, 11) is 0. The maximum Gasteiger partial charge on any atom is 0.392 e. The van der Waals surface area contributed by atoms with Crippen LogP contribution in [0.2, 0.25) is 0 Å². The van der Waals surface area contributed by atoms with Gasteiger partial charge in [0.1, 0.15) is 12.4 Å². The second-order valence-electron chi connectivity index (χ2n) is 9.23. The number of hydrogen-bond acceptors (Lipinski definition) is 8. The molecule has 0 unspecified atom stereocenters. The van der Waals surface area contributed by atoms with Crippen LogP contribution in [0.5, 0.6) is 6.01 Å². The van der Waals surface area contributed by atoms with Crippen molar-refractivity contribution >= 4 is 29.4 Å². The van der Waals surface area contributed by atoms with Crippen molar-refractivity contribution in [2.75, 3.05) is 43.1 Å². The van der Waals surface area contributed by atoms with E-state index in [4.69, 9.17) is 9.84 Å². The van der Waals surface area contributed by atoms with E-state index < -0.39 is 19.2 Å². The molecule has 1 aliphatic heterocycles. The van der Waals surface area contributed by atoms with Crippen molar-refractivity contribution in [1.82, 2.24) is 14.7 Å². The third kappa shape index (κ3) is 7.23. The van der Waals surface area contributed by atoms with Crippen molar-refractivity contribution in [3.05, 3.63) is 35.5 Å². The highest BCUT2D eigenvalue weighted by molar-refractivity contribution is 7.97. The smallest absolute Gasteiger partial charge is 0.392 e. The van der Waals surface area contributed by atoms with Gasteiger partial charge in [-0.05, 0) is 68.2 Å². The molecule has 12 heteroatoms. The minimum Gasteiger partial charge on any atom is -0.463 e. The van der Waals surface area contributed by atoms with Gasteiger partial charge in [-0.3, -0.25) is 9.52 Å². The summed E-state index contributed by atoms with van der Waals surface area (Å²) in [6.07, 6.45) is -0.728. The molecule has 4 rings (SSSR count). The summed E-state index contributed by atoms with van der Waals surface area (Å²) >= 11 is 1.39. The number of ether oxygens (including phenoxy) is 1. The molecule has 1 aliphatic carbocycles. The number of amides is 1.